The van der Waals surface area contributed by atoms with Crippen molar-refractivity contribution in [1.29, 1.82) is 0 Å². The number of methoxy groups -OCH3 is 1. The van der Waals surface area contributed by atoms with Crippen molar-refractivity contribution >= 4 is 62.8 Å². The van der Waals surface area contributed by atoms with Gasteiger partial charge in [-0.3, -0.25) is 14.6 Å². The molecular formula is C39H40N4O6. The van der Waals surface area contributed by atoms with Crippen LogP contribution in [0.1, 0.15) is 85.1 Å². The molecule has 0 amide bonds. The molecule has 0 aromatic carbocycles. The molecule has 3 aliphatic rings. The van der Waals surface area contributed by atoms with E-state index in [1.807, 2.05) is 39.0 Å². The second-order valence-electron chi connectivity index (χ2n) is 13.0. The van der Waals surface area contributed by atoms with Crippen LogP contribution in [0.25, 0.3) is 44.9 Å². The number of hydrogen-bond acceptors (Lipinski definition) is 6. The number of rotatable bonds is 8. The Labute approximate surface area is 284 Å². The number of nitrogens with one attached hydrogen (secondary N) is 2. The van der Waals surface area contributed by atoms with Gasteiger partial charge in [0.05, 0.1) is 40.9 Å². The topological polar surface area (TPSA) is 158 Å². The predicted molar refractivity (Wildman–Crippen MR) is 190 cm³/mol. The highest BCUT2D eigenvalue weighted by Gasteiger charge is 2.53. The van der Waals surface area contributed by atoms with Gasteiger partial charge in [-0.15, -0.1) is 0 Å². The number of carbonyl (C=O) groups is 3. The minimum absolute atomic E-state index is 0.0577. The quantitative estimate of drug-likeness (QED) is 0.181. The molecule has 5 heterocycles. The molecule has 3 aromatic heterocycles. The molecule has 49 heavy (non-hydrogen) atoms. The van der Waals surface area contributed by atoms with Gasteiger partial charge in [-0.25, -0.2) is 9.78 Å². The number of carbonyl (C=O) groups excluding carboxylic acids is 1. The minimum Gasteiger partial charge on any atom is -0.481 e. The van der Waals surface area contributed by atoms with Gasteiger partial charge in [0, 0.05) is 34.1 Å². The van der Waals surface area contributed by atoms with Crippen molar-refractivity contribution in [2.24, 2.45) is 5.92 Å². The van der Waals surface area contributed by atoms with Gasteiger partial charge >= 0.3 is 17.9 Å². The number of aryl methyl sites for hydroxylation is 3. The van der Waals surface area contributed by atoms with E-state index >= 15 is 0 Å². The fourth-order valence-electron chi connectivity index (χ4n) is 7.50. The summed E-state index contributed by atoms with van der Waals surface area (Å²) in [5.41, 5.74) is 10.8. The van der Waals surface area contributed by atoms with Crippen molar-refractivity contribution in [3.63, 3.8) is 0 Å². The number of fused-ring (bicyclic) bond motifs is 11. The molecule has 3 aromatic rings. The van der Waals surface area contributed by atoms with Crippen LogP contribution in [0.15, 0.2) is 48.6 Å². The van der Waals surface area contributed by atoms with E-state index in [0.29, 0.717) is 33.9 Å². The number of H-pyrrole nitrogens is 2. The molecule has 2 atom stereocenters. The third kappa shape index (κ3) is 5.41. The van der Waals surface area contributed by atoms with E-state index in [1.54, 1.807) is 12.2 Å². The van der Waals surface area contributed by atoms with Crippen molar-refractivity contribution < 1.29 is 29.3 Å². The average molecular weight is 661 g/mol. The SMILES string of the molecule is C=Cc1c(C)c2cc3[nH]c(cc4nc(cc5nc(cc1[nH]2)[C@@]1(C)C5=CC=C(C(=O)O)[C@H]1C(=O)OC)C(C)=C4CCC(=O)O)c(CCC)c3C. The van der Waals surface area contributed by atoms with Gasteiger partial charge in [0.1, 0.15) is 5.92 Å². The Morgan fingerprint density at radius 1 is 0.918 bits per heavy atom. The molecule has 4 N–H and O–H groups in total. The summed E-state index contributed by atoms with van der Waals surface area (Å²) in [6, 6.07) is 7.77. The number of aromatic nitrogens is 4. The van der Waals surface area contributed by atoms with E-state index in [-0.39, 0.29) is 18.4 Å². The number of aliphatic carboxylic acids is 2. The van der Waals surface area contributed by atoms with Crippen LogP contribution >= 0.6 is 0 Å². The van der Waals surface area contributed by atoms with Crippen LogP contribution < -0.4 is 0 Å². The Balaban J connectivity index is 1.80. The molecule has 6 rings (SSSR count). The summed E-state index contributed by atoms with van der Waals surface area (Å²) in [6.45, 7) is 14.1. The van der Waals surface area contributed by atoms with Crippen molar-refractivity contribution in [2.75, 3.05) is 7.11 Å². The smallest absolute Gasteiger partial charge is 0.332 e. The molecule has 0 saturated heterocycles. The number of allylic oxidation sites excluding steroid dienone is 5. The Morgan fingerprint density at radius 2 is 1.63 bits per heavy atom. The normalized spacial score (nSPS) is 18.4. The van der Waals surface area contributed by atoms with Crippen molar-refractivity contribution in [3.8, 4) is 0 Å². The van der Waals surface area contributed by atoms with E-state index in [2.05, 4.69) is 36.5 Å². The van der Waals surface area contributed by atoms with Gasteiger partial charge in [-0.1, -0.05) is 38.2 Å². The molecule has 2 aliphatic heterocycles. The first-order chi connectivity index (χ1) is 23.3. The fourth-order valence-corrected chi connectivity index (χ4v) is 7.50. The summed E-state index contributed by atoms with van der Waals surface area (Å²) in [6.07, 6.45) is 6.94. The monoisotopic (exact) mass is 660 g/mol. The van der Waals surface area contributed by atoms with Gasteiger partial charge in [0.15, 0.2) is 0 Å². The van der Waals surface area contributed by atoms with Crippen LogP contribution in [0.5, 0.6) is 0 Å². The van der Waals surface area contributed by atoms with Crippen LogP contribution in [0.4, 0.5) is 0 Å². The molecule has 10 nitrogen and oxygen atoms in total. The van der Waals surface area contributed by atoms with E-state index in [9.17, 15) is 24.6 Å². The number of hydrogen-bond donors (Lipinski definition) is 4. The summed E-state index contributed by atoms with van der Waals surface area (Å²) in [5, 5.41) is 19.8. The van der Waals surface area contributed by atoms with Crippen molar-refractivity contribution in [3.05, 3.63) is 93.6 Å². The van der Waals surface area contributed by atoms with Crippen molar-refractivity contribution in [2.45, 2.75) is 65.7 Å². The largest absolute Gasteiger partial charge is 0.481 e. The Bertz CT molecular complexity index is 2230. The summed E-state index contributed by atoms with van der Waals surface area (Å²) >= 11 is 0. The molecule has 10 heteroatoms. The van der Waals surface area contributed by atoms with Gasteiger partial charge < -0.3 is 24.9 Å². The number of carboxylic acids is 2. The van der Waals surface area contributed by atoms with Crippen LogP contribution in [-0.4, -0.2) is 55.2 Å². The first-order valence-corrected chi connectivity index (χ1v) is 16.4. The summed E-state index contributed by atoms with van der Waals surface area (Å²) in [5.74, 6) is -4.00. The molecule has 0 spiro atoms. The highest BCUT2D eigenvalue weighted by atomic mass is 16.5. The Morgan fingerprint density at radius 3 is 2.29 bits per heavy atom. The highest BCUT2D eigenvalue weighted by molar-refractivity contribution is 6.01. The fraction of sp³-hybridized carbons (Fsp3) is 0.308. The van der Waals surface area contributed by atoms with E-state index in [0.717, 1.165) is 57.2 Å². The Kier molecular flexibility index (Phi) is 8.52. The molecule has 0 radical (unpaired) electrons. The number of esters is 1. The lowest BCUT2D eigenvalue weighted by atomic mass is 9.64. The van der Waals surface area contributed by atoms with Crippen LogP contribution in [0.3, 0.4) is 0 Å². The van der Waals surface area contributed by atoms with E-state index in [4.69, 9.17) is 14.7 Å². The zero-order valence-corrected chi connectivity index (χ0v) is 28.6. The summed E-state index contributed by atoms with van der Waals surface area (Å²) in [4.78, 5) is 54.9. The number of carboxylic acid groups (broad SMARTS) is 2. The second-order valence-corrected chi connectivity index (χ2v) is 13.0. The molecule has 1 aliphatic carbocycles. The first-order valence-electron chi connectivity index (χ1n) is 16.4. The maximum Gasteiger partial charge on any atom is 0.332 e. The van der Waals surface area contributed by atoms with Gasteiger partial charge in [0.25, 0.3) is 0 Å². The molecule has 0 saturated carbocycles. The first kappa shape index (κ1) is 33.4. The maximum absolute atomic E-state index is 13.5. The molecule has 8 bridgehead atoms. The standard InChI is InChI=1S/C39H40N4O6/c1-8-10-23-20(4)28-15-27-19(3)22(9-2)32(42-27)18-34-39(6)26(13-11-25(37(46)47)36(39)38(48)49-7)33(43-34)16-29-21(5)24(12-14-35(44)45)31(41-29)17-30(23)40-28/h9,11,13,15-18,36,40,42H,2,8,10,12,14H2,1,3-7H3,(H,44,45)(H,46,47)/t36-,39+/m0/s1. The third-order valence-corrected chi connectivity index (χ3v) is 10.2. The summed E-state index contributed by atoms with van der Waals surface area (Å²) in [7, 11) is 1.25. The number of nitrogens with zero attached hydrogens (tertiary/aromatic N) is 2. The van der Waals surface area contributed by atoms with Crippen LogP contribution in [0.2, 0.25) is 0 Å². The summed E-state index contributed by atoms with van der Waals surface area (Å²) < 4.78 is 5.20. The van der Waals surface area contributed by atoms with Gasteiger partial charge in [-0.05, 0) is 98.2 Å². The minimum atomic E-state index is -1.22. The molecule has 0 unspecified atom stereocenters. The molecule has 252 valence electrons. The second kappa shape index (κ2) is 12.5. The van der Waals surface area contributed by atoms with Crippen LogP contribution in [-0.2, 0) is 31.0 Å². The lowest BCUT2D eigenvalue weighted by molar-refractivity contribution is -0.148. The lowest BCUT2D eigenvalue weighted by Crippen LogP contribution is -2.42. The third-order valence-electron chi connectivity index (χ3n) is 10.2. The predicted octanol–water partition coefficient (Wildman–Crippen LogP) is 7.48. The van der Waals surface area contributed by atoms with E-state index < -0.39 is 29.2 Å². The van der Waals surface area contributed by atoms with Crippen molar-refractivity contribution in [1.82, 2.24) is 19.9 Å². The zero-order valence-electron chi connectivity index (χ0n) is 28.6. The highest BCUT2D eigenvalue weighted by Crippen LogP contribution is 2.52. The van der Waals surface area contributed by atoms with Gasteiger partial charge in [0.2, 0.25) is 0 Å². The van der Waals surface area contributed by atoms with Gasteiger partial charge in [-0.2, -0.15) is 0 Å². The molecule has 0 fully saturated rings. The number of aromatic amines is 2. The zero-order chi connectivity index (χ0) is 35.4. The maximum atomic E-state index is 13.5. The molecular weight excluding hydrogens is 620 g/mol. The Hall–Kier alpha value is -5.51. The lowest BCUT2D eigenvalue weighted by Gasteiger charge is -2.36. The van der Waals surface area contributed by atoms with E-state index in [1.165, 1.54) is 18.7 Å². The average Bonchev–Trinajstić information content (AvgIpc) is 3.71. The number of ether oxygens (including phenoxy) is 1. The van der Waals surface area contributed by atoms with Crippen LogP contribution in [0, 0.1) is 19.8 Å².